The highest BCUT2D eigenvalue weighted by Gasteiger charge is 2.42. The van der Waals surface area contributed by atoms with Gasteiger partial charge in [0.1, 0.15) is 11.6 Å². The van der Waals surface area contributed by atoms with Crippen LogP contribution in [-0.4, -0.2) is 60.1 Å². The minimum absolute atomic E-state index is 0.0330. The molecule has 170 valence electrons. The van der Waals surface area contributed by atoms with Gasteiger partial charge in [-0.05, 0) is 6.07 Å². The van der Waals surface area contributed by atoms with Crippen molar-refractivity contribution in [3.8, 4) is 0 Å². The van der Waals surface area contributed by atoms with Gasteiger partial charge in [0.05, 0.1) is 38.1 Å². The normalized spacial score (nSPS) is 20.5. The summed E-state index contributed by atoms with van der Waals surface area (Å²) >= 11 is 0. The molecule has 2 N–H and O–H groups in total. The Bertz CT molecular complexity index is 1230. The molecule has 0 aromatic carbocycles. The Kier molecular flexibility index (Phi) is 5.65. The van der Waals surface area contributed by atoms with Crippen molar-refractivity contribution in [2.45, 2.75) is 44.7 Å². The van der Waals surface area contributed by atoms with Gasteiger partial charge in [0, 0.05) is 26.6 Å². The van der Waals surface area contributed by atoms with Crippen molar-refractivity contribution >= 4 is 29.1 Å². The van der Waals surface area contributed by atoms with E-state index in [1.54, 1.807) is 24.0 Å². The molecule has 3 aromatic heterocycles. The second-order valence-corrected chi connectivity index (χ2v) is 7.47. The van der Waals surface area contributed by atoms with Crippen LogP contribution in [0, 0.1) is 0 Å². The summed E-state index contributed by atoms with van der Waals surface area (Å²) in [4.78, 5) is 45.2. The van der Waals surface area contributed by atoms with Crippen LogP contribution in [0.15, 0.2) is 23.3 Å². The number of methoxy groups -OCH3 is 1. The average molecular weight is 445 g/mol. The molecule has 1 aliphatic rings. The van der Waals surface area contributed by atoms with Crippen LogP contribution in [0.1, 0.15) is 31.7 Å². The van der Waals surface area contributed by atoms with Gasteiger partial charge in [-0.15, -0.1) is 0 Å². The van der Waals surface area contributed by atoms with Gasteiger partial charge in [-0.3, -0.25) is 18.8 Å². The number of imidazole rings is 1. The largest absolute Gasteiger partial charge is 0.469 e. The highest BCUT2D eigenvalue weighted by atomic mass is 16.6. The molecule has 0 aliphatic carbocycles. The minimum atomic E-state index is -1.01. The molecule has 4 rings (SSSR count). The van der Waals surface area contributed by atoms with Gasteiger partial charge < -0.3 is 19.9 Å². The maximum atomic E-state index is 13.5. The molecule has 13 heteroatoms. The number of anilines is 1. The SMILES string of the molecule is COC(=O)C[C@@H]1C[C@@H](OC(C)=O)[C@H](n2c(=O)n(Cc3ccn(C)n3)c3cnc(N)nc32)O1. The van der Waals surface area contributed by atoms with E-state index in [-0.39, 0.29) is 31.0 Å². The summed E-state index contributed by atoms with van der Waals surface area (Å²) in [5, 5.41) is 4.32. The first-order valence-corrected chi connectivity index (χ1v) is 9.88. The zero-order chi connectivity index (χ0) is 23.0. The predicted molar refractivity (Wildman–Crippen MR) is 109 cm³/mol. The summed E-state index contributed by atoms with van der Waals surface area (Å²) in [5.74, 6) is -1.05. The van der Waals surface area contributed by atoms with Gasteiger partial charge in [0.25, 0.3) is 0 Å². The molecule has 3 atom stereocenters. The van der Waals surface area contributed by atoms with E-state index in [2.05, 4.69) is 15.1 Å². The van der Waals surface area contributed by atoms with E-state index in [0.717, 1.165) is 0 Å². The summed E-state index contributed by atoms with van der Waals surface area (Å²) in [6, 6.07) is 1.79. The van der Waals surface area contributed by atoms with E-state index in [1.807, 2.05) is 0 Å². The van der Waals surface area contributed by atoms with Crippen LogP contribution < -0.4 is 11.4 Å². The number of nitrogens with zero attached hydrogens (tertiary/aromatic N) is 6. The molecule has 1 fully saturated rings. The average Bonchev–Trinajstić information content (AvgIpc) is 3.38. The molecule has 0 amide bonds. The Labute approximate surface area is 181 Å². The Morgan fingerprint density at radius 3 is 2.81 bits per heavy atom. The van der Waals surface area contributed by atoms with Crippen molar-refractivity contribution in [3.63, 3.8) is 0 Å². The van der Waals surface area contributed by atoms with Gasteiger partial charge >= 0.3 is 17.6 Å². The van der Waals surface area contributed by atoms with Gasteiger partial charge in [-0.1, -0.05) is 0 Å². The molecule has 0 spiro atoms. The number of carbonyl (C=O) groups excluding carboxylic acids is 2. The Balaban J connectivity index is 1.80. The molecule has 13 nitrogen and oxygen atoms in total. The fourth-order valence-electron chi connectivity index (χ4n) is 3.83. The smallest absolute Gasteiger partial charge is 0.333 e. The van der Waals surface area contributed by atoms with Crippen LogP contribution in [0.2, 0.25) is 0 Å². The first-order chi connectivity index (χ1) is 15.3. The molecule has 4 heterocycles. The number of esters is 2. The fourth-order valence-corrected chi connectivity index (χ4v) is 3.83. The standard InChI is InChI=1S/C19H23N7O6/c1-10(27)31-14-6-12(7-15(28)30-3)32-17(14)26-16-13(8-21-18(20)22-16)25(19(26)29)9-11-4-5-24(2)23-11/h4-5,8,12,14,17H,6-7,9H2,1-3H3,(H2,20,21,22)/t12-,14+,17+/m0/s1. The van der Waals surface area contributed by atoms with Crippen LogP contribution in [-0.2, 0) is 37.4 Å². The molecular weight excluding hydrogens is 422 g/mol. The fraction of sp³-hybridized carbons (Fsp3) is 0.474. The van der Waals surface area contributed by atoms with Crippen LogP contribution in [0.4, 0.5) is 5.95 Å². The molecule has 0 unspecified atom stereocenters. The van der Waals surface area contributed by atoms with Crippen molar-refractivity contribution in [2.75, 3.05) is 12.8 Å². The van der Waals surface area contributed by atoms with Crippen molar-refractivity contribution in [1.82, 2.24) is 28.9 Å². The van der Waals surface area contributed by atoms with Crippen molar-refractivity contribution < 1.29 is 23.8 Å². The van der Waals surface area contributed by atoms with Crippen LogP contribution in [0.5, 0.6) is 0 Å². The quantitative estimate of drug-likeness (QED) is 0.501. The lowest BCUT2D eigenvalue weighted by molar-refractivity contribution is -0.153. The second kappa shape index (κ2) is 8.42. The lowest BCUT2D eigenvalue weighted by Crippen LogP contribution is -2.34. The monoisotopic (exact) mass is 445 g/mol. The first-order valence-electron chi connectivity index (χ1n) is 9.88. The van der Waals surface area contributed by atoms with Crippen molar-refractivity contribution in [3.05, 3.63) is 34.6 Å². The molecule has 0 bridgehead atoms. The van der Waals surface area contributed by atoms with Gasteiger partial charge in [-0.2, -0.15) is 10.1 Å². The Morgan fingerprint density at radius 2 is 2.16 bits per heavy atom. The highest BCUT2D eigenvalue weighted by molar-refractivity contribution is 5.72. The van der Waals surface area contributed by atoms with E-state index in [0.29, 0.717) is 11.2 Å². The number of nitrogens with two attached hydrogens (primary N) is 1. The van der Waals surface area contributed by atoms with E-state index in [4.69, 9.17) is 19.9 Å². The zero-order valence-corrected chi connectivity index (χ0v) is 17.8. The maximum absolute atomic E-state index is 13.5. The maximum Gasteiger partial charge on any atom is 0.333 e. The summed E-state index contributed by atoms with van der Waals surface area (Å²) in [7, 11) is 3.05. The van der Waals surface area contributed by atoms with Crippen molar-refractivity contribution in [1.29, 1.82) is 0 Å². The van der Waals surface area contributed by atoms with Crippen LogP contribution >= 0.6 is 0 Å². The zero-order valence-electron chi connectivity index (χ0n) is 17.8. The number of ether oxygens (including phenoxy) is 3. The van der Waals surface area contributed by atoms with Crippen molar-refractivity contribution in [2.24, 2.45) is 7.05 Å². The number of fused-ring (bicyclic) bond motifs is 1. The molecule has 1 saturated heterocycles. The summed E-state index contributed by atoms with van der Waals surface area (Å²) < 4.78 is 20.4. The summed E-state index contributed by atoms with van der Waals surface area (Å²) in [5.41, 5.74) is 6.60. The number of carbonyl (C=O) groups is 2. The summed E-state index contributed by atoms with van der Waals surface area (Å²) in [6.07, 6.45) is 0.926. The second-order valence-electron chi connectivity index (χ2n) is 7.47. The molecule has 0 saturated carbocycles. The third-order valence-electron chi connectivity index (χ3n) is 5.15. The Morgan fingerprint density at radius 1 is 1.38 bits per heavy atom. The number of hydrogen-bond donors (Lipinski definition) is 1. The van der Waals surface area contributed by atoms with E-state index in [1.165, 1.54) is 29.4 Å². The molecular formula is C19H23N7O6. The minimum Gasteiger partial charge on any atom is -0.469 e. The number of hydrogen-bond acceptors (Lipinski definition) is 10. The third-order valence-corrected chi connectivity index (χ3v) is 5.15. The van der Waals surface area contributed by atoms with Crippen LogP contribution in [0.3, 0.4) is 0 Å². The summed E-state index contributed by atoms with van der Waals surface area (Å²) in [6.45, 7) is 1.42. The van der Waals surface area contributed by atoms with Gasteiger partial charge in [0.15, 0.2) is 11.9 Å². The number of nitrogen functional groups attached to an aromatic ring is 1. The molecule has 32 heavy (non-hydrogen) atoms. The highest BCUT2D eigenvalue weighted by Crippen LogP contribution is 2.34. The van der Waals surface area contributed by atoms with Gasteiger partial charge in [-0.25, -0.2) is 14.3 Å². The van der Waals surface area contributed by atoms with Crippen LogP contribution in [0.25, 0.3) is 11.2 Å². The lowest BCUT2D eigenvalue weighted by Gasteiger charge is -2.19. The third kappa shape index (κ3) is 4.06. The lowest BCUT2D eigenvalue weighted by atomic mass is 10.1. The molecule has 1 aliphatic heterocycles. The topological polar surface area (TPSA) is 158 Å². The predicted octanol–water partition coefficient (Wildman–Crippen LogP) is -0.261. The first kappa shape index (κ1) is 21.5. The van der Waals surface area contributed by atoms with E-state index < -0.39 is 36.1 Å². The Hall–Kier alpha value is -3.74. The number of aryl methyl sites for hydroxylation is 1. The van der Waals surface area contributed by atoms with E-state index >= 15 is 0 Å². The number of rotatable bonds is 6. The van der Waals surface area contributed by atoms with Gasteiger partial charge in [0.2, 0.25) is 5.95 Å². The number of aromatic nitrogens is 6. The molecule has 3 aromatic rings. The van der Waals surface area contributed by atoms with E-state index in [9.17, 15) is 14.4 Å². The molecule has 0 radical (unpaired) electrons.